The highest BCUT2D eigenvalue weighted by molar-refractivity contribution is 7.99. The minimum Gasteiger partial charge on any atom is -0.453 e. The van der Waals surface area contributed by atoms with Crippen LogP contribution in [0, 0.1) is 6.92 Å². The van der Waals surface area contributed by atoms with Crippen LogP contribution < -0.4 is 0 Å². The van der Waals surface area contributed by atoms with Crippen molar-refractivity contribution in [3.8, 4) is 0 Å². The second kappa shape index (κ2) is 7.25. The number of rotatable bonds is 5. The van der Waals surface area contributed by atoms with E-state index in [-0.39, 0.29) is 0 Å². The molecule has 1 aromatic carbocycles. The normalized spacial score (nSPS) is 16.8. The molecule has 1 aliphatic heterocycles. The van der Waals surface area contributed by atoms with Crippen LogP contribution in [0.5, 0.6) is 0 Å². The molecule has 152 valence electrons. The summed E-state index contributed by atoms with van der Waals surface area (Å²) in [6.45, 7) is 4.76. The van der Waals surface area contributed by atoms with Crippen LogP contribution in [0.25, 0.3) is 11.0 Å². The third-order valence-corrected chi connectivity index (χ3v) is 6.61. The standard InChI is InChI=1S/C23H23N5OS/c1-14-2-6-19-20(10-14)27-23(26-19)30-21-7-5-17(29-21)13-28-9-8-18-16(12-28)11-24-22(25-18)15-3-4-15/h2,5-7,10-11,15H,3-4,8-9,12-13H2,1H3,(H,26,27). The maximum absolute atomic E-state index is 6.09. The maximum atomic E-state index is 6.09. The first kappa shape index (κ1) is 18.2. The highest BCUT2D eigenvalue weighted by atomic mass is 32.2. The van der Waals surface area contributed by atoms with Crippen LogP contribution in [0.4, 0.5) is 0 Å². The van der Waals surface area contributed by atoms with Gasteiger partial charge in [0, 0.05) is 42.9 Å². The van der Waals surface area contributed by atoms with Gasteiger partial charge in [0.2, 0.25) is 0 Å². The predicted octanol–water partition coefficient (Wildman–Crippen LogP) is 4.84. The van der Waals surface area contributed by atoms with Gasteiger partial charge in [-0.25, -0.2) is 15.0 Å². The summed E-state index contributed by atoms with van der Waals surface area (Å²) in [5.41, 5.74) is 5.75. The lowest BCUT2D eigenvalue weighted by atomic mass is 10.1. The second-order valence-electron chi connectivity index (χ2n) is 8.32. The van der Waals surface area contributed by atoms with E-state index in [9.17, 15) is 0 Å². The van der Waals surface area contributed by atoms with Crippen LogP contribution in [0.2, 0.25) is 0 Å². The fraction of sp³-hybridized carbons (Fsp3) is 0.348. The van der Waals surface area contributed by atoms with Gasteiger partial charge in [0.1, 0.15) is 11.6 Å². The molecule has 1 saturated carbocycles. The molecule has 0 saturated heterocycles. The second-order valence-corrected chi connectivity index (χ2v) is 9.31. The number of benzene rings is 1. The monoisotopic (exact) mass is 417 g/mol. The Bertz CT molecular complexity index is 1230. The first-order chi connectivity index (χ1) is 14.7. The van der Waals surface area contributed by atoms with Gasteiger partial charge in [0.05, 0.1) is 17.6 Å². The third-order valence-electron chi connectivity index (χ3n) is 5.80. The zero-order valence-corrected chi connectivity index (χ0v) is 17.7. The molecule has 3 aromatic heterocycles. The Balaban J connectivity index is 1.12. The van der Waals surface area contributed by atoms with E-state index in [4.69, 9.17) is 9.40 Å². The molecule has 0 unspecified atom stereocenters. The van der Waals surface area contributed by atoms with E-state index in [0.717, 1.165) is 58.9 Å². The Hall–Kier alpha value is -2.64. The number of fused-ring (bicyclic) bond motifs is 2. The maximum Gasteiger partial charge on any atom is 0.174 e. The van der Waals surface area contributed by atoms with Crippen LogP contribution >= 0.6 is 11.8 Å². The first-order valence-electron chi connectivity index (χ1n) is 10.5. The number of hydrogen-bond donors (Lipinski definition) is 1. The van der Waals surface area contributed by atoms with Crippen molar-refractivity contribution in [1.82, 2.24) is 24.8 Å². The number of imidazole rings is 1. The number of hydrogen-bond acceptors (Lipinski definition) is 6. The molecule has 0 spiro atoms. The van der Waals surface area contributed by atoms with E-state index in [1.54, 1.807) is 0 Å². The summed E-state index contributed by atoms with van der Waals surface area (Å²) in [6.07, 6.45) is 5.52. The van der Waals surface area contributed by atoms with Crippen molar-refractivity contribution in [2.75, 3.05) is 6.54 Å². The Kier molecular flexibility index (Phi) is 4.39. The van der Waals surface area contributed by atoms with Crippen molar-refractivity contribution < 1.29 is 4.42 Å². The van der Waals surface area contributed by atoms with Gasteiger partial charge in [-0.1, -0.05) is 6.07 Å². The van der Waals surface area contributed by atoms with Gasteiger partial charge in [-0.05, 0) is 61.4 Å². The lowest BCUT2D eigenvalue weighted by molar-refractivity contribution is 0.218. The van der Waals surface area contributed by atoms with Gasteiger partial charge < -0.3 is 9.40 Å². The molecule has 4 heterocycles. The average Bonchev–Trinajstić information content (AvgIpc) is 3.39. The third kappa shape index (κ3) is 3.63. The Morgan fingerprint density at radius 3 is 3.03 bits per heavy atom. The van der Waals surface area contributed by atoms with Crippen LogP contribution in [-0.2, 0) is 19.5 Å². The van der Waals surface area contributed by atoms with Crippen molar-refractivity contribution in [2.24, 2.45) is 0 Å². The Morgan fingerprint density at radius 1 is 1.20 bits per heavy atom. The summed E-state index contributed by atoms with van der Waals surface area (Å²) in [7, 11) is 0. The molecule has 7 heteroatoms. The molecule has 6 rings (SSSR count). The molecule has 30 heavy (non-hydrogen) atoms. The minimum atomic E-state index is 0.614. The molecule has 0 bridgehead atoms. The Morgan fingerprint density at radius 2 is 2.13 bits per heavy atom. The SMILES string of the molecule is Cc1ccc2nc(Sc3ccc(CN4CCc5nc(C6CC6)ncc5C4)o3)[nH]c2c1. The molecule has 1 aliphatic carbocycles. The molecule has 0 atom stereocenters. The van der Waals surface area contributed by atoms with Crippen molar-refractivity contribution in [3.05, 3.63) is 64.9 Å². The molecular weight excluding hydrogens is 394 g/mol. The number of aromatic amines is 1. The predicted molar refractivity (Wildman–Crippen MR) is 115 cm³/mol. The average molecular weight is 418 g/mol. The van der Waals surface area contributed by atoms with E-state index < -0.39 is 0 Å². The van der Waals surface area contributed by atoms with E-state index in [0.29, 0.717) is 5.92 Å². The van der Waals surface area contributed by atoms with Gasteiger partial charge in [0.15, 0.2) is 10.2 Å². The van der Waals surface area contributed by atoms with Crippen LogP contribution in [0.3, 0.4) is 0 Å². The van der Waals surface area contributed by atoms with Gasteiger partial charge in [-0.15, -0.1) is 0 Å². The molecule has 4 aromatic rings. The number of nitrogens with zero attached hydrogens (tertiary/aromatic N) is 4. The molecule has 1 fully saturated rings. The highest BCUT2D eigenvalue weighted by Crippen LogP contribution is 2.38. The van der Waals surface area contributed by atoms with Crippen molar-refractivity contribution in [2.45, 2.75) is 55.4 Å². The number of furan rings is 1. The summed E-state index contributed by atoms with van der Waals surface area (Å²) in [5.74, 6) is 2.64. The summed E-state index contributed by atoms with van der Waals surface area (Å²) >= 11 is 1.53. The van der Waals surface area contributed by atoms with E-state index in [1.165, 1.54) is 41.4 Å². The summed E-state index contributed by atoms with van der Waals surface area (Å²) in [6, 6.07) is 10.3. The van der Waals surface area contributed by atoms with Crippen LogP contribution in [0.1, 0.15) is 47.2 Å². The molecule has 0 amide bonds. The quantitative estimate of drug-likeness (QED) is 0.501. The highest BCUT2D eigenvalue weighted by Gasteiger charge is 2.28. The van der Waals surface area contributed by atoms with Crippen molar-refractivity contribution in [3.63, 3.8) is 0 Å². The molecule has 2 aliphatic rings. The number of aromatic nitrogens is 4. The molecule has 6 nitrogen and oxygen atoms in total. The van der Waals surface area contributed by atoms with Crippen molar-refractivity contribution >= 4 is 22.8 Å². The van der Waals surface area contributed by atoms with Gasteiger partial charge in [-0.2, -0.15) is 0 Å². The van der Waals surface area contributed by atoms with Crippen LogP contribution in [0.15, 0.2) is 51.2 Å². The van der Waals surface area contributed by atoms with E-state index in [1.807, 2.05) is 18.3 Å². The lowest BCUT2D eigenvalue weighted by Gasteiger charge is -2.27. The molecular formula is C23H23N5OS. The minimum absolute atomic E-state index is 0.614. The topological polar surface area (TPSA) is 70.8 Å². The number of aryl methyl sites for hydroxylation is 1. The van der Waals surface area contributed by atoms with Gasteiger partial charge in [-0.3, -0.25) is 4.90 Å². The Labute approximate surface area is 179 Å². The summed E-state index contributed by atoms with van der Waals surface area (Å²) in [4.78, 5) is 19.8. The lowest BCUT2D eigenvalue weighted by Crippen LogP contribution is -2.31. The molecule has 0 radical (unpaired) electrons. The van der Waals surface area contributed by atoms with Gasteiger partial charge >= 0.3 is 0 Å². The largest absolute Gasteiger partial charge is 0.453 e. The van der Waals surface area contributed by atoms with E-state index in [2.05, 4.69) is 45.0 Å². The van der Waals surface area contributed by atoms with Crippen LogP contribution in [-0.4, -0.2) is 31.4 Å². The molecule has 1 N–H and O–H groups in total. The smallest absolute Gasteiger partial charge is 0.174 e. The van der Waals surface area contributed by atoms with Crippen molar-refractivity contribution in [1.29, 1.82) is 0 Å². The first-order valence-corrected chi connectivity index (χ1v) is 11.3. The van der Waals surface area contributed by atoms with E-state index >= 15 is 0 Å². The number of nitrogens with one attached hydrogen (secondary N) is 1. The zero-order valence-electron chi connectivity index (χ0n) is 16.9. The van der Waals surface area contributed by atoms with Gasteiger partial charge in [0.25, 0.3) is 0 Å². The summed E-state index contributed by atoms with van der Waals surface area (Å²) in [5, 5.41) is 1.71. The zero-order chi connectivity index (χ0) is 20.1. The number of H-pyrrole nitrogens is 1. The summed E-state index contributed by atoms with van der Waals surface area (Å²) < 4.78 is 6.09. The fourth-order valence-corrected chi connectivity index (χ4v) is 4.81. The fourth-order valence-electron chi connectivity index (χ4n) is 4.03.